The molecule has 0 aliphatic carbocycles. The molecule has 3 rings (SSSR count). The van der Waals surface area contributed by atoms with E-state index in [9.17, 15) is 14.4 Å². The van der Waals surface area contributed by atoms with Crippen LogP contribution in [0.3, 0.4) is 0 Å². The molecular weight excluding hydrogens is 238 g/mol. The van der Waals surface area contributed by atoms with Crippen molar-refractivity contribution >= 4 is 23.5 Å². The third-order valence-corrected chi connectivity index (χ3v) is 3.10. The fraction of sp³-hybridized carbons (Fsp3) is 0.182. The van der Waals surface area contributed by atoms with Crippen molar-refractivity contribution in [1.29, 1.82) is 0 Å². The second-order valence-electron chi connectivity index (χ2n) is 4.00. The highest BCUT2D eigenvalue weighted by Crippen LogP contribution is 2.42. The Bertz CT molecular complexity index is 598. The second kappa shape index (κ2) is 3.22. The number of carbonyl (C=O) groups is 3. The Balaban J connectivity index is 2.25. The standard InChI is InChI=1S/C11H9N3O4/c1-18-6-4-2-3-5-7(6)12-8(15)11(5)9(16)13-10(17)14-11/h2-4H,1H3,(H,12,15)(H2,13,14,16,17). The van der Waals surface area contributed by atoms with Gasteiger partial charge in [-0.25, -0.2) is 4.79 Å². The molecule has 0 radical (unpaired) electrons. The SMILES string of the molecule is COc1cccc2c1NC(=O)C21NC(=O)NC1=O. The smallest absolute Gasteiger partial charge is 0.323 e. The van der Waals surface area contributed by atoms with Gasteiger partial charge in [-0.1, -0.05) is 12.1 Å². The third-order valence-electron chi connectivity index (χ3n) is 3.10. The minimum Gasteiger partial charge on any atom is -0.495 e. The number of methoxy groups -OCH3 is 1. The number of benzene rings is 1. The molecule has 7 heteroatoms. The van der Waals surface area contributed by atoms with Crippen LogP contribution in [0.25, 0.3) is 0 Å². The predicted molar refractivity (Wildman–Crippen MR) is 60.0 cm³/mol. The van der Waals surface area contributed by atoms with Crippen molar-refractivity contribution in [2.24, 2.45) is 0 Å². The van der Waals surface area contributed by atoms with E-state index in [-0.39, 0.29) is 0 Å². The summed E-state index contributed by atoms with van der Waals surface area (Å²) in [6.07, 6.45) is 0. The predicted octanol–water partition coefficient (Wildman–Crippen LogP) is -0.318. The number of hydrogen-bond acceptors (Lipinski definition) is 4. The van der Waals surface area contributed by atoms with Crippen molar-refractivity contribution in [3.8, 4) is 5.75 Å². The van der Waals surface area contributed by atoms with Crippen LogP contribution in [0.1, 0.15) is 5.56 Å². The molecule has 0 saturated carbocycles. The first-order valence-corrected chi connectivity index (χ1v) is 5.22. The lowest BCUT2D eigenvalue weighted by Gasteiger charge is -2.17. The fourth-order valence-electron chi connectivity index (χ4n) is 2.28. The van der Waals surface area contributed by atoms with Crippen LogP contribution >= 0.6 is 0 Å². The summed E-state index contributed by atoms with van der Waals surface area (Å²) in [6, 6.07) is 4.22. The molecule has 2 aliphatic heterocycles. The maximum atomic E-state index is 12.0. The van der Waals surface area contributed by atoms with Crippen molar-refractivity contribution in [3.05, 3.63) is 23.8 Å². The molecule has 1 aromatic rings. The summed E-state index contributed by atoms with van der Waals surface area (Å²) in [7, 11) is 1.46. The number of ether oxygens (including phenoxy) is 1. The molecule has 1 aromatic carbocycles. The van der Waals surface area contributed by atoms with Gasteiger partial charge in [0.15, 0.2) is 0 Å². The lowest BCUT2D eigenvalue weighted by Crippen LogP contribution is -2.49. The zero-order chi connectivity index (χ0) is 12.9. The van der Waals surface area contributed by atoms with Gasteiger partial charge in [0.2, 0.25) is 5.54 Å². The van der Waals surface area contributed by atoms with Gasteiger partial charge in [-0.15, -0.1) is 0 Å². The number of fused-ring (bicyclic) bond motifs is 2. The Labute approximate surface area is 101 Å². The molecule has 18 heavy (non-hydrogen) atoms. The first kappa shape index (κ1) is 10.6. The maximum Gasteiger partial charge on any atom is 0.323 e. The molecule has 3 N–H and O–H groups in total. The van der Waals surface area contributed by atoms with E-state index in [1.807, 2.05) is 0 Å². The Kier molecular flexibility index (Phi) is 1.89. The fourth-order valence-corrected chi connectivity index (χ4v) is 2.28. The zero-order valence-corrected chi connectivity index (χ0v) is 9.37. The highest BCUT2D eigenvalue weighted by Gasteiger charge is 2.59. The largest absolute Gasteiger partial charge is 0.495 e. The van der Waals surface area contributed by atoms with Crippen LogP contribution in [0.2, 0.25) is 0 Å². The molecule has 1 spiro atoms. The molecule has 0 bridgehead atoms. The number of rotatable bonds is 1. The number of imide groups is 1. The molecule has 7 nitrogen and oxygen atoms in total. The molecule has 1 saturated heterocycles. The van der Waals surface area contributed by atoms with Crippen LogP contribution in [0, 0.1) is 0 Å². The lowest BCUT2D eigenvalue weighted by molar-refractivity contribution is -0.132. The van der Waals surface area contributed by atoms with E-state index in [1.165, 1.54) is 7.11 Å². The monoisotopic (exact) mass is 247 g/mol. The summed E-state index contributed by atoms with van der Waals surface area (Å²) in [4.78, 5) is 35.2. The summed E-state index contributed by atoms with van der Waals surface area (Å²) in [5.74, 6) is -0.839. The highest BCUT2D eigenvalue weighted by molar-refractivity contribution is 6.27. The molecule has 2 aliphatic rings. The number of para-hydroxylation sites is 1. The molecule has 0 aromatic heterocycles. The van der Waals surface area contributed by atoms with E-state index in [1.54, 1.807) is 18.2 Å². The van der Waals surface area contributed by atoms with Crippen LogP contribution in [0.15, 0.2) is 18.2 Å². The average molecular weight is 247 g/mol. The Morgan fingerprint density at radius 3 is 2.44 bits per heavy atom. The minimum absolute atomic E-state index is 0.384. The first-order chi connectivity index (χ1) is 8.59. The Morgan fingerprint density at radius 2 is 1.83 bits per heavy atom. The Morgan fingerprint density at radius 1 is 1.11 bits per heavy atom. The van der Waals surface area contributed by atoms with Crippen LogP contribution in [-0.4, -0.2) is 25.0 Å². The topological polar surface area (TPSA) is 96.5 Å². The number of urea groups is 1. The minimum atomic E-state index is -1.68. The van der Waals surface area contributed by atoms with Crippen molar-refractivity contribution in [1.82, 2.24) is 10.6 Å². The molecule has 4 amide bonds. The van der Waals surface area contributed by atoms with Crippen LogP contribution in [0.5, 0.6) is 5.75 Å². The molecular formula is C11H9N3O4. The number of carbonyl (C=O) groups excluding carboxylic acids is 3. The van der Waals surface area contributed by atoms with E-state index in [4.69, 9.17) is 4.74 Å². The summed E-state index contributed by atoms with van der Waals surface area (Å²) >= 11 is 0. The van der Waals surface area contributed by atoms with Gasteiger partial charge in [-0.3, -0.25) is 14.9 Å². The van der Waals surface area contributed by atoms with Crippen LogP contribution < -0.4 is 20.7 Å². The van der Waals surface area contributed by atoms with E-state index in [0.717, 1.165) is 0 Å². The molecule has 1 fully saturated rings. The van der Waals surface area contributed by atoms with Gasteiger partial charge in [0.1, 0.15) is 5.75 Å². The summed E-state index contributed by atoms with van der Waals surface area (Å²) < 4.78 is 5.11. The van der Waals surface area contributed by atoms with Gasteiger partial charge in [-0.2, -0.15) is 0 Å². The summed E-state index contributed by atoms with van der Waals surface area (Å²) in [5.41, 5.74) is -0.890. The van der Waals surface area contributed by atoms with Crippen molar-refractivity contribution in [3.63, 3.8) is 0 Å². The number of amides is 4. The van der Waals surface area contributed by atoms with Gasteiger partial charge in [-0.05, 0) is 6.07 Å². The zero-order valence-electron chi connectivity index (χ0n) is 9.37. The van der Waals surface area contributed by atoms with E-state index in [0.29, 0.717) is 17.0 Å². The average Bonchev–Trinajstić information content (AvgIpc) is 2.79. The van der Waals surface area contributed by atoms with Gasteiger partial charge in [0.25, 0.3) is 11.8 Å². The highest BCUT2D eigenvalue weighted by atomic mass is 16.5. The van der Waals surface area contributed by atoms with Crippen molar-refractivity contribution < 1.29 is 19.1 Å². The van der Waals surface area contributed by atoms with Crippen LogP contribution in [-0.2, 0) is 15.1 Å². The van der Waals surface area contributed by atoms with Gasteiger partial charge in [0.05, 0.1) is 12.8 Å². The maximum absolute atomic E-state index is 12.0. The molecule has 1 atom stereocenters. The molecule has 2 heterocycles. The molecule has 92 valence electrons. The quantitative estimate of drug-likeness (QED) is 0.468. The van der Waals surface area contributed by atoms with Gasteiger partial charge >= 0.3 is 6.03 Å². The first-order valence-electron chi connectivity index (χ1n) is 5.22. The van der Waals surface area contributed by atoms with E-state index < -0.39 is 23.4 Å². The number of nitrogens with one attached hydrogen (secondary N) is 3. The van der Waals surface area contributed by atoms with E-state index >= 15 is 0 Å². The normalized spacial score (nSPS) is 24.6. The van der Waals surface area contributed by atoms with Crippen LogP contribution in [0.4, 0.5) is 10.5 Å². The summed E-state index contributed by atoms with van der Waals surface area (Å²) in [6.45, 7) is 0. The lowest BCUT2D eigenvalue weighted by atomic mass is 9.91. The summed E-state index contributed by atoms with van der Waals surface area (Å²) in [5, 5.41) is 7.00. The molecule has 1 unspecified atom stereocenters. The van der Waals surface area contributed by atoms with Gasteiger partial charge in [0, 0.05) is 5.56 Å². The van der Waals surface area contributed by atoms with Crippen molar-refractivity contribution in [2.75, 3.05) is 12.4 Å². The number of hydrogen-bond donors (Lipinski definition) is 3. The second-order valence-corrected chi connectivity index (χ2v) is 4.00. The van der Waals surface area contributed by atoms with Crippen molar-refractivity contribution in [2.45, 2.75) is 5.54 Å². The third kappa shape index (κ3) is 1.05. The Hall–Kier alpha value is -2.57. The van der Waals surface area contributed by atoms with Gasteiger partial charge < -0.3 is 15.4 Å². The number of anilines is 1. The van der Waals surface area contributed by atoms with E-state index in [2.05, 4.69) is 16.0 Å².